The average Bonchev–Trinajstić information content (AvgIpc) is 2.94. The summed E-state index contributed by atoms with van der Waals surface area (Å²) in [7, 11) is 0. The molecule has 1 atom stereocenters. The molecule has 2 aliphatic heterocycles. The summed E-state index contributed by atoms with van der Waals surface area (Å²) < 4.78 is 1.26. The summed E-state index contributed by atoms with van der Waals surface area (Å²) in [5.41, 5.74) is 3.32. The van der Waals surface area contributed by atoms with Crippen molar-refractivity contribution in [2.75, 3.05) is 26.2 Å². The van der Waals surface area contributed by atoms with E-state index in [1.807, 2.05) is 0 Å². The zero-order valence-corrected chi connectivity index (χ0v) is 13.8. The number of likely N-dealkylation sites (tertiary alicyclic amines) is 1. The minimum atomic E-state index is 0. The van der Waals surface area contributed by atoms with E-state index < -0.39 is 0 Å². The minimum Gasteiger partial charge on any atom is -0.316 e. The lowest BCUT2D eigenvalue weighted by atomic mass is 9.86. The van der Waals surface area contributed by atoms with Crippen LogP contribution in [0.2, 0.25) is 0 Å². The van der Waals surface area contributed by atoms with E-state index in [4.69, 9.17) is 0 Å². The van der Waals surface area contributed by atoms with Crippen LogP contribution in [0.4, 0.5) is 0 Å². The molecule has 1 unspecified atom stereocenters. The third-order valence-corrected chi connectivity index (χ3v) is 5.19. The SMILES string of the molecule is Cc1ccc(CN2CCC3(CCNC3)C2)c(Br)c1.Cl. The summed E-state index contributed by atoms with van der Waals surface area (Å²) in [5.74, 6) is 0. The summed E-state index contributed by atoms with van der Waals surface area (Å²) >= 11 is 3.69. The fourth-order valence-electron chi connectivity index (χ4n) is 3.33. The monoisotopic (exact) mass is 344 g/mol. The fraction of sp³-hybridized carbons (Fsp3) is 0.600. The molecule has 4 heteroatoms. The Morgan fingerprint density at radius 3 is 2.89 bits per heavy atom. The molecule has 0 aromatic heterocycles. The molecule has 0 bridgehead atoms. The van der Waals surface area contributed by atoms with Crippen LogP contribution in [0.5, 0.6) is 0 Å². The second-order valence-electron chi connectivity index (χ2n) is 5.98. The normalized spacial score (nSPS) is 26.8. The van der Waals surface area contributed by atoms with E-state index in [1.165, 1.54) is 54.6 Å². The van der Waals surface area contributed by atoms with E-state index >= 15 is 0 Å². The van der Waals surface area contributed by atoms with Gasteiger partial charge in [-0.3, -0.25) is 4.90 Å². The Bertz CT molecular complexity index is 444. The van der Waals surface area contributed by atoms with Crippen LogP contribution in [0.3, 0.4) is 0 Å². The van der Waals surface area contributed by atoms with Crippen LogP contribution in [0.15, 0.2) is 22.7 Å². The molecule has 3 rings (SSSR count). The highest BCUT2D eigenvalue weighted by molar-refractivity contribution is 9.10. The average molecular weight is 346 g/mol. The van der Waals surface area contributed by atoms with Gasteiger partial charge in [0.2, 0.25) is 0 Å². The summed E-state index contributed by atoms with van der Waals surface area (Å²) in [6.07, 6.45) is 2.72. The number of hydrogen-bond donors (Lipinski definition) is 1. The Labute approximate surface area is 130 Å². The van der Waals surface area contributed by atoms with Crippen molar-refractivity contribution in [3.8, 4) is 0 Å². The maximum Gasteiger partial charge on any atom is 0.0245 e. The van der Waals surface area contributed by atoms with E-state index in [9.17, 15) is 0 Å². The van der Waals surface area contributed by atoms with Crippen molar-refractivity contribution in [2.24, 2.45) is 5.41 Å². The molecule has 2 nitrogen and oxygen atoms in total. The molecule has 1 N–H and O–H groups in total. The lowest BCUT2D eigenvalue weighted by Crippen LogP contribution is -2.29. The molecule has 1 aromatic rings. The predicted octanol–water partition coefficient (Wildman–Crippen LogP) is 3.36. The Morgan fingerprint density at radius 2 is 2.21 bits per heavy atom. The van der Waals surface area contributed by atoms with E-state index in [0.717, 1.165) is 6.54 Å². The highest BCUT2D eigenvalue weighted by Gasteiger charge is 2.40. The van der Waals surface area contributed by atoms with Crippen molar-refractivity contribution in [3.05, 3.63) is 33.8 Å². The van der Waals surface area contributed by atoms with Gasteiger partial charge in [-0.05, 0) is 55.5 Å². The highest BCUT2D eigenvalue weighted by Crippen LogP contribution is 2.37. The number of aryl methyl sites for hydroxylation is 1. The topological polar surface area (TPSA) is 15.3 Å². The number of rotatable bonds is 2. The second-order valence-corrected chi connectivity index (χ2v) is 6.84. The first-order valence-corrected chi connectivity index (χ1v) is 7.64. The van der Waals surface area contributed by atoms with Crippen molar-refractivity contribution in [1.29, 1.82) is 0 Å². The third kappa shape index (κ3) is 3.33. The molecule has 0 saturated carbocycles. The third-order valence-electron chi connectivity index (χ3n) is 4.45. The van der Waals surface area contributed by atoms with Crippen molar-refractivity contribution < 1.29 is 0 Å². The van der Waals surface area contributed by atoms with Gasteiger partial charge in [0.25, 0.3) is 0 Å². The Balaban J connectivity index is 0.00000133. The Kier molecular flexibility index (Phi) is 4.93. The van der Waals surface area contributed by atoms with Crippen molar-refractivity contribution in [1.82, 2.24) is 10.2 Å². The molecule has 0 radical (unpaired) electrons. The quantitative estimate of drug-likeness (QED) is 0.884. The Hall–Kier alpha value is -0.0900. The first kappa shape index (κ1) is 15.3. The maximum atomic E-state index is 3.69. The molecular weight excluding hydrogens is 324 g/mol. The summed E-state index contributed by atoms with van der Waals surface area (Å²) in [4.78, 5) is 2.61. The van der Waals surface area contributed by atoms with Crippen LogP contribution >= 0.6 is 28.3 Å². The summed E-state index contributed by atoms with van der Waals surface area (Å²) in [6.45, 7) is 8.18. The first-order valence-electron chi connectivity index (χ1n) is 6.85. The summed E-state index contributed by atoms with van der Waals surface area (Å²) in [5, 5.41) is 3.52. The van der Waals surface area contributed by atoms with Gasteiger partial charge in [-0.1, -0.05) is 28.1 Å². The number of nitrogens with one attached hydrogen (secondary N) is 1. The van der Waals surface area contributed by atoms with Gasteiger partial charge >= 0.3 is 0 Å². The molecule has 2 fully saturated rings. The van der Waals surface area contributed by atoms with Gasteiger partial charge in [0.05, 0.1) is 0 Å². The summed E-state index contributed by atoms with van der Waals surface area (Å²) in [6, 6.07) is 6.69. The van der Waals surface area contributed by atoms with Crippen LogP contribution in [0, 0.1) is 12.3 Å². The van der Waals surface area contributed by atoms with Gasteiger partial charge < -0.3 is 5.32 Å². The van der Waals surface area contributed by atoms with Gasteiger partial charge in [-0.25, -0.2) is 0 Å². The van der Waals surface area contributed by atoms with Gasteiger partial charge in [-0.15, -0.1) is 12.4 Å². The molecule has 2 heterocycles. The van der Waals surface area contributed by atoms with Crippen molar-refractivity contribution in [3.63, 3.8) is 0 Å². The molecule has 0 aliphatic carbocycles. The highest BCUT2D eigenvalue weighted by atomic mass is 79.9. The maximum absolute atomic E-state index is 3.69. The Morgan fingerprint density at radius 1 is 1.37 bits per heavy atom. The molecule has 0 amide bonds. The molecular formula is C15H22BrClN2. The van der Waals surface area contributed by atoms with Gasteiger partial charge in [0.1, 0.15) is 0 Å². The molecule has 19 heavy (non-hydrogen) atoms. The molecule has 2 saturated heterocycles. The van der Waals surface area contributed by atoms with E-state index in [0.29, 0.717) is 5.41 Å². The van der Waals surface area contributed by atoms with Crippen LogP contribution in [0.25, 0.3) is 0 Å². The number of hydrogen-bond acceptors (Lipinski definition) is 2. The minimum absolute atomic E-state index is 0. The fourth-order valence-corrected chi connectivity index (χ4v) is 3.95. The van der Waals surface area contributed by atoms with Gasteiger partial charge in [-0.2, -0.15) is 0 Å². The van der Waals surface area contributed by atoms with Crippen molar-refractivity contribution >= 4 is 28.3 Å². The van der Waals surface area contributed by atoms with Crippen LogP contribution in [-0.4, -0.2) is 31.1 Å². The molecule has 1 spiro atoms. The van der Waals surface area contributed by atoms with Crippen LogP contribution in [0.1, 0.15) is 24.0 Å². The van der Waals surface area contributed by atoms with E-state index in [1.54, 1.807) is 0 Å². The lowest BCUT2D eigenvalue weighted by Gasteiger charge is -2.23. The predicted molar refractivity (Wildman–Crippen MR) is 85.9 cm³/mol. The zero-order valence-electron chi connectivity index (χ0n) is 11.4. The standard InChI is InChI=1S/C15H21BrN2.ClH/c1-12-2-3-13(14(16)8-12)9-18-7-5-15(11-18)4-6-17-10-15;/h2-3,8,17H,4-7,9-11H2,1H3;1H. The van der Waals surface area contributed by atoms with Crippen molar-refractivity contribution in [2.45, 2.75) is 26.3 Å². The van der Waals surface area contributed by atoms with Gasteiger partial charge in [0, 0.05) is 24.1 Å². The lowest BCUT2D eigenvalue weighted by molar-refractivity contribution is 0.268. The zero-order chi connectivity index (χ0) is 12.6. The second kappa shape index (κ2) is 6.13. The largest absolute Gasteiger partial charge is 0.316 e. The van der Waals surface area contributed by atoms with E-state index in [2.05, 4.69) is 51.3 Å². The molecule has 106 valence electrons. The van der Waals surface area contributed by atoms with Crippen LogP contribution in [-0.2, 0) is 6.54 Å². The molecule has 2 aliphatic rings. The van der Waals surface area contributed by atoms with E-state index in [-0.39, 0.29) is 12.4 Å². The number of halogens is 2. The van der Waals surface area contributed by atoms with Crippen LogP contribution < -0.4 is 5.32 Å². The molecule has 1 aromatic carbocycles. The first-order chi connectivity index (χ1) is 8.67. The number of benzene rings is 1. The smallest absolute Gasteiger partial charge is 0.0245 e. The number of nitrogens with zero attached hydrogens (tertiary/aromatic N) is 1. The van der Waals surface area contributed by atoms with Gasteiger partial charge in [0.15, 0.2) is 0 Å².